The number of methoxy groups -OCH3 is 2. The number of hydrogen-bond acceptors (Lipinski definition) is 5. The Labute approximate surface area is 227 Å². The maximum atomic E-state index is 13.7. The maximum Gasteiger partial charge on any atom is 0.261 e. The summed E-state index contributed by atoms with van der Waals surface area (Å²) < 4.78 is 16.4. The Balaban J connectivity index is 1.95. The molecule has 0 spiro atoms. The van der Waals surface area contributed by atoms with Crippen molar-refractivity contribution in [2.75, 3.05) is 27.4 Å². The topological polar surface area (TPSA) is 77.1 Å². The summed E-state index contributed by atoms with van der Waals surface area (Å²) in [5, 5.41) is 3.65. The van der Waals surface area contributed by atoms with E-state index in [-0.39, 0.29) is 19.1 Å². The molecule has 0 heterocycles. The monoisotopic (exact) mass is 544 g/mol. The smallest absolute Gasteiger partial charge is 0.261 e. The van der Waals surface area contributed by atoms with E-state index in [0.717, 1.165) is 5.56 Å². The number of carbonyl (C=O) groups is 2. The summed E-state index contributed by atoms with van der Waals surface area (Å²) in [5.41, 5.74) is 1.45. The minimum absolute atomic E-state index is 0.0246. The molecule has 9 heteroatoms. The van der Waals surface area contributed by atoms with Crippen LogP contribution in [0, 0.1) is 0 Å². The predicted octanol–water partition coefficient (Wildman–Crippen LogP) is 5.17. The Morgan fingerprint density at radius 3 is 2.05 bits per heavy atom. The lowest BCUT2D eigenvalue weighted by molar-refractivity contribution is -0.142. The minimum atomic E-state index is -0.828. The largest absolute Gasteiger partial charge is 0.496 e. The van der Waals surface area contributed by atoms with Crippen LogP contribution in [0.5, 0.6) is 17.2 Å². The Kier molecular flexibility index (Phi) is 10.5. The first-order chi connectivity index (χ1) is 17.9. The van der Waals surface area contributed by atoms with Gasteiger partial charge in [-0.3, -0.25) is 9.59 Å². The average Bonchev–Trinajstić information content (AvgIpc) is 2.91. The highest BCUT2D eigenvalue weighted by atomic mass is 35.5. The molecule has 0 aliphatic rings. The summed E-state index contributed by atoms with van der Waals surface area (Å²) in [6, 6.07) is 18.8. The number of hydrogen-bond donors (Lipinski definition) is 1. The van der Waals surface area contributed by atoms with Crippen LogP contribution in [0.1, 0.15) is 18.1 Å². The van der Waals surface area contributed by atoms with Crippen molar-refractivity contribution in [3.8, 4) is 17.2 Å². The van der Waals surface area contributed by atoms with Gasteiger partial charge in [0.05, 0.1) is 14.2 Å². The fourth-order valence-corrected chi connectivity index (χ4v) is 4.31. The lowest BCUT2D eigenvalue weighted by Crippen LogP contribution is -2.51. The van der Waals surface area contributed by atoms with Gasteiger partial charge in [-0.25, -0.2) is 0 Å². The number of nitrogens with one attached hydrogen (secondary N) is 1. The number of halogens is 2. The standard InChI is InChI=1S/C28H30Cl2N2O5/c1-4-31-28(34)26(13-19-9-6-5-7-10-19)32(17-23-24(29)11-8-12-25(23)30)27(33)18-37-22-15-20(35-2)14-21(16-22)36-3/h5-12,14-16,26H,4,13,17-18H2,1-3H3,(H,31,34)/t26-/m0/s1. The van der Waals surface area contributed by atoms with Crippen LogP contribution in [0.15, 0.2) is 66.7 Å². The van der Waals surface area contributed by atoms with Gasteiger partial charge in [-0.05, 0) is 24.6 Å². The minimum Gasteiger partial charge on any atom is -0.496 e. The molecule has 1 atom stereocenters. The third kappa shape index (κ3) is 7.78. The van der Waals surface area contributed by atoms with E-state index in [1.165, 1.54) is 19.1 Å². The van der Waals surface area contributed by atoms with E-state index in [1.54, 1.807) is 36.4 Å². The van der Waals surface area contributed by atoms with Crippen molar-refractivity contribution in [2.45, 2.75) is 25.9 Å². The number of likely N-dealkylation sites (N-methyl/N-ethyl adjacent to an activating group) is 1. The molecule has 0 saturated carbocycles. The van der Waals surface area contributed by atoms with E-state index < -0.39 is 11.9 Å². The van der Waals surface area contributed by atoms with Crippen LogP contribution in [0.4, 0.5) is 0 Å². The van der Waals surface area contributed by atoms with E-state index in [0.29, 0.717) is 45.8 Å². The van der Waals surface area contributed by atoms with E-state index >= 15 is 0 Å². The fourth-order valence-electron chi connectivity index (χ4n) is 3.79. The highest BCUT2D eigenvalue weighted by molar-refractivity contribution is 6.36. The number of amides is 2. The maximum absolute atomic E-state index is 13.7. The van der Waals surface area contributed by atoms with Crippen molar-refractivity contribution >= 4 is 35.0 Å². The molecular weight excluding hydrogens is 515 g/mol. The zero-order valence-corrected chi connectivity index (χ0v) is 22.5. The molecule has 2 amide bonds. The second kappa shape index (κ2) is 13.8. The first kappa shape index (κ1) is 28.2. The van der Waals surface area contributed by atoms with Crippen molar-refractivity contribution < 1.29 is 23.8 Å². The van der Waals surface area contributed by atoms with E-state index in [1.807, 2.05) is 37.3 Å². The summed E-state index contributed by atoms with van der Waals surface area (Å²) >= 11 is 12.9. The molecule has 0 aliphatic carbocycles. The van der Waals surface area contributed by atoms with Crippen LogP contribution in [-0.2, 0) is 22.6 Å². The Bertz CT molecular complexity index is 1160. The van der Waals surface area contributed by atoms with Crippen molar-refractivity contribution in [1.29, 1.82) is 0 Å². The number of carbonyl (C=O) groups excluding carboxylic acids is 2. The quantitative estimate of drug-likeness (QED) is 0.340. The number of ether oxygens (including phenoxy) is 3. The molecule has 3 aromatic carbocycles. The molecule has 3 aromatic rings. The van der Waals surface area contributed by atoms with Crippen molar-refractivity contribution in [3.63, 3.8) is 0 Å². The number of nitrogens with zero attached hydrogens (tertiary/aromatic N) is 1. The molecule has 196 valence electrons. The number of benzene rings is 3. The van der Waals surface area contributed by atoms with Gasteiger partial charge < -0.3 is 24.4 Å². The molecule has 0 radical (unpaired) electrons. The molecule has 0 aromatic heterocycles. The van der Waals surface area contributed by atoms with Crippen molar-refractivity contribution in [3.05, 3.63) is 87.9 Å². The fraction of sp³-hybridized carbons (Fsp3) is 0.286. The molecule has 37 heavy (non-hydrogen) atoms. The zero-order chi connectivity index (χ0) is 26.8. The summed E-state index contributed by atoms with van der Waals surface area (Å²) in [5.74, 6) is 0.727. The molecular formula is C28H30Cl2N2O5. The Morgan fingerprint density at radius 2 is 1.49 bits per heavy atom. The van der Waals surface area contributed by atoms with E-state index in [2.05, 4.69) is 5.32 Å². The SMILES string of the molecule is CCNC(=O)[C@H](Cc1ccccc1)N(Cc1c(Cl)cccc1Cl)C(=O)COc1cc(OC)cc(OC)c1. The van der Waals surface area contributed by atoms with Gasteiger partial charge in [-0.2, -0.15) is 0 Å². The lowest BCUT2D eigenvalue weighted by Gasteiger charge is -2.32. The lowest BCUT2D eigenvalue weighted by atomic mass is 10.0. The van der Waals surface area contributed by atoms with Crippen LogP contribution in [0.3, 0.4) is 0 Å². The van der Waals surface area contributed by atoms with E-state index in [4.69, 9.17) is 37.4 Å². The third-order valence-electron chi connectivity index (χ3n) is 5.70. The highest BCUT2D eigenvalue weighted by Crippen LogP contribution is 2.29. The summed E-state index contributed by atoms with van der Waals surface area (Å²) in [6.07, 6.45) is 0.299. The van der Waals surface area contributed by atoms with Crippen LogP contribution < -0.4 is 19.5 Å². The molecule has 7 nitrogen and oxygen atoms in total. The second-order valence-corrected chi connectivity index (χ2v) is 8.97. The summed E-state index contributed by atoms with van der Waals surface area (Å²) in [4.78, 5) is 28.4. The van der Waals surface area contributed by atoms with Gasteiger partial charge in [-0.1, -0.05) is 59.6 Å². The normalized spacial score (nSPS) is 11.4. The van der Waals surface area contributed by atoms with Crippen LogP contribution in [0.2, 0.25) is 10.0 Å². The molecule has 0 unspecified atom stereocenters. The summed E-state index contributed by atoms with van der Waals surface area (Å²) in [7, 11) is 3.05. The molecule has 0 aliphatic heterocycles. The molecule has 3 rings (SSSR count). The summed E-state index contributed by atoms with van der Waals surface area (Å²) in [6.45, 7) is 1.94. The first-order valence-corrected chi connectivity index (χ1v) is 12.5. The predicted molar refractivity (Wildman–Crippen MR) is 145 cm³/mol. The van der Waals surface area contributed by atoms with Crippen molar-refractivity contribution in [1.82, 2.24) is 10.2 Å². The molecule has 0 saturated heterocycles. The van der Waals surface area contributed by atoms with Crippen molar-refractivity contribution in [2.24, 2.45) is 0 Å². The van der Waals surface area contributed by atoms with Gasteiger partial charge in [0.1, 0.15) is 23.3 Å². The first-order valence-electron chi connectivity index (χ1n) is 11.8. The third-order valence-corrected chi connectivity index (χ3v) is 6.41. The van der Waals surface area contributed by atoms with E-state index in [9.17, 15) is 9.59 Å². The van der Waals surface area contributed by atoms with Gasteiger partial charge in [0.15, 0.2) is 6.61 Å². The van der Waals surface area contributed by atoms with Gasteiger partial charge in [0.25, 0.3) is 5.91 Å². The van der Waals surface area contributed by atoms with Gasteiger partial charge in [-0.15, -0.1) is 0 Å². The van der Waals surface area contributed by atoms with Crippen LogP contribution in [-0.4, -0.2) is 50.1 Å². The Morgan fingerprint density at radius 1 is 0.892 bits per heavy atom. The highest BCUT2D eigenvalue weighted by Gasteiger charge is 2.31. The molecule has 0 bridgehead atoms. The van der Waals surface area contributed by atoms with Crippen LogP contribution >= 0.6 is 23.2 Å². The number of rotatable bonds is 12. The second-order valence-electron chi connectivity index (χ2n) is 8.16. The van der Waals surface area contributed by atoms with Gasteiger partial charge >= 0.3 is 0 Å². The molecule has 1 N–H and O–H groups in total. The molecule has 0 fully saturated rings. The van der Waals surface area contributed by atoms with Gasteiger partial charge in [0.2, 0.25) is 5.91 Å². The Hall–Kier alpha value is -3.42. The van der Waals surface area contributed by atoms with Crippen LogP contribution in [0.25, 0.3) is 0 Å². The average molecular weight is 545 g/mol. The van der Waals surface area contributed by atoms with Gasteiger partial charge in [0, 0.05) is 53.3 Å². The zero-order valence-electron chi connectivity index (χ0n) is 21.0.